The topological polar surface area (TPSA) is 19.4 Å². The second kappa shape index (κ2) is 5.82. The Morgan fingerprint density at radius 2 is 1.62 bits per heavy atom. The van der Waals surface area contributed by atoms with E-state index < -0.39 is 0 Å². The third-order valence-corrected chi connectivity index (χ3v) is 3.94. The molecule has 0 aliphatic carbocycles. The van der Waals surface area contributed by atoms with Gasteiger partial charge in [0.15, 0.2) is 0 Å². The van der Waals surface area contributed by atoms with Crippen molar-refractivity contribution < 1.29 is 4.39 Å². The highest BCUT2D eigenvalue weighted by atomic mass is 19.1. The Bertz CT molecular complexity index is 616. The van der Waals surface area contributed by atoms with Crippen LogP contribution in [0, 0.1) is 12.7 Å². The van der Waals surface area contributed by atoms with Crippen LogP contribution < -0.4 is 4.90 Å². The Labute approximate surface area is 125 Å². The summed E-state index contributed by atoms with van der Waals surface area (Å²) in [6.45, 7) is 6.11. The number of hydrogen-bond acceptors (Lipinski definition) is 3. The van der Waals surface area contributed by atoms with Crippen molar-refractivity contribution in [1.29, 1.82) is 0 Å². The zero-order valence-corrected chi connectivity index (χ0v) is 12.5. The van der Waals surface area contributed by atoms with Crippen molar-refractivity contribution >= 4 is 5.82 Å². The Morgan fingerprint density at radius 3 is 2.29 bits per heavy atom. The third kappa shape index (κ3) is 3.22. The number of nitrogens with zero attached hydrogens (tertiary/aromatic N) is 3. The third-order valence-electron chi connectivity index (χ3n) is 3.94. The minimum Gasteiger partial charge on any atom is -0.354 e. The molecular weight excluding hydrogens is 265 g/mol. The normalized spacial score (nSPS) is 16.2. The molecule has 4 heteroatoms. The van der Waals surface area contributed by atoms with Crippen LogP contribution in [0.2, 0.25) is 0 Å². The van der Waals surface area contributed by atoms with Crippen LogP contribution >= 0.6 is 0 Å². The fourth-order valence-electron chi connectivity index (χ4n) is 2.66. The molecule has 0 spiro atoms. The van der Waals surface area contributed by atoms with Crippen LogP contribution in [0.1, 0.15) is 5.69 Å². The summed E-state index contributed by atoms with van der Waals surface area (Å²) in [5.41, 5.74) is 3.11. The molecular formula is C17H20FN3. The van der Waals surface area contributed by atoms with E-state index in [0.717, 1.165) is 48.8 Å². The predicted molar refractivity (Wildman–Crippen MR) is 84.1 cm³/mol. The number of halogens is 1. The van der Waals surface area contributed by atoms with E-state index in [2.05, 4.69) is 27.9 Å². The Balaban J connectivity index is 1.91. The van der Waals surface area contributed by atoms with Gasteiger partial charge in [0.05, 0.1) is 0 Å². The van der Waals surface area contributed by atoms with Crippen molar-refractivity contribution in [2.45, 2.75) is 6.92 Å². The van der Waals surface area contributed by atoms with Crippen molar-refractivity contribution in [3.05, 3.63) is 47.9 Å². The zero-order chi connectivity index (χ0) is 14.8. The van der Waals surface area contributed by atoms with E-state index in [1.54, 1.807) is 0 Å². The highest BCUT2D eigenvalue weighted by Gasteiger charge is 2.16. The van der Waals surface area contributed by atoms with Gasteiger partial charge in [-0.15, -0.1) is 0 Å². The number of likely N-dealkylation sites (N-methyl/N-ethyl adjacent to an activating group) is 1. The molecule has 21 heavy (non-hydrogen) atoms. The molecule has 0 unspecified atom stereocenters. The molecule has 0 radical (unpaired) electrons. The summed E-state index contributed by atoms with van der Waals surface area (Å²) in [6.07, 6.45) is 0. The molecule has 1 saturated heterocycles. The summed E-state index contributed by atoms with van der Waals surface area (Å²) in [5, 5.41) is 0. The monoisotopic (exact) mass is 285 g/mol. The van der Waals surface area contributed by atoms with Gasteiger partial charge in [0.25, 0.3) is 0 Å². The molecule has 3 rings (SSSR count). The first kappa shape index (κ1) is 14.0. The van der Waals surface area contributed by atoms with Crippen LogP contribution in [0.15, 0.2) is 36.4 Å². The smallest absolute Gasteiger partial charge is 0.129 e. The van der Waals surface area contributed by atoms with E-state index >= 15 is 0 Å². The van der Waals surface area contributed by atoms with Crippen LogP contribution in [-0.4, -0.2) is 43.1 Å². The second-order valence-electron chi connectivity index (χ2n) is 5.65. The van der Waals surface area contributed by atoms with Crippen molar-refractivity contribution in [2.24, 2.45) is 0 Å². The van der Waals surface area contributed by atoms with Gasteiger partial charge < -0.3 is 9.80 Å². The van der Waals surface area contributed by atoms with Gasteiger partial charge in [0, 0.05) is 31.9 Å². The fourth-order valence-corrected chi connectivity index (χ4v) is 2.66. The lowest BCUT2D eigenvalue weighted by molar-refractivity contribution is 0.312. The Kier molecular flexibility index (Phi) is 3.88. The maximum absolute atomic E-state index is 13.1. The molecule has 0 bridgehead atoms. The van der Waals surface area contributed by atoms with Crippen LogP contribution in [0.3, 0.4) is 0 Å². The van der Waals surface area contributed by atoms with Crippen molar-refractivity contribution in [2.75, 3.05) is 38.1 Å². The minimum atomic E-state index is -0.205. The summed E-state index contributed by atoms with van der Waals surface area (Å²) in [5.74, 6) is 0.811. The average molecular weight is 285 g/mol. The second-order valence-corrected chi connectivity index (χ2v) is 5.65. The van der Waals surface area contributed by atoms with E-state index in [0.29, 0.717) is 0 Å². The van der Waals surface area contributed by atoms with Crippen LogP contribution in [0.5, 0.6) is 0 Å². The molecule has 1 aromatic heterocycles. The van der Waals surface area contributed by atoms with Gasteiger partial charge >= 0.3 is 0 Å². The molecule has 0 atom stereocenters. The van der Waals surface area contributed by atoms with Gasteiger partial charge in [-0.25, -0.2) is 9.37 Å². The number of anilines is 1. The molecule has 0 N–H and O–H groups in total. The zero-order valence-electron chi connectivity index (χ0n) is 12.5. The van der Waals surface area contributed by atoms with Gasteiger partial charge in [-0.1, -0.05) is 12.1 Å². The molecule has 1 aromatic carbocycles. The molecule has 1 aliphatic heterocycles. The largest absolute Gasteiger partial charge is 0.354 e. The van der Waals surface area contributed by atoms with E-state index in [-0.39, 0.29) is 5.82 Å². The van der Waals surface area contributed by atoms with Crippen LogP contribution in [-0.2, 0) is 0 Å². The Morgan fingerprint density at radius 1 is 0.952 bits per heavy atom. The number of aryl methyl sites for hydroxylation is 1. The number of hydrogen-bond donors (Lipinski definition) is 0. The van der Waals surface area contributed by atoms with Gasteiger partial charge in [-0.05, 0) is 49.4 Å². The highest BCUT2D eigenvalue weighted by molar-refractivity contribution is 5.67. The summed E-state index contributed by atoms with van der Waals surface area (Å²) >= 11 is 0. The first-order valence-corrected chi connectivity index (χ1v) is 7.30. The first-order chi connectivity index (χ1) is 10.1. The Hall–Kier alpha value is -1.94. The molecule has 110 valence electrons. The van der Waals surface area contributed by atoms with Gasteiger partial charge in [0.2, 0.25) is 0 Å². The van der Waals surface area contributed by atoms with Crippen LogP contribution in [0.25, 0.3) is 11.1 Å². The average Bonchev–Trinajstić information content (AvgIpc) is 2.48. The molecule has 1 fully saturated rings. The first-order valence-electron chi connectivity index (χ1n) is 7.30. The van der Waals surface area contributed by atoms with Crippen molar-refractivity contribution in [3.8, 4) is 11.1 Å². The number of pyridine rings is 1. The van der Waals surface area contributed by atoms with E-state index in [4.69, 9.17) is 0 Å². The van der Waals surface area contributed by atoms with E-state index in [1.165, 1.54) is 12.1 Å². The van der Waals surface area contributed by atoms with Gasteiger partial charge in [-0.3, -0.25) is 0 Å². The summed E-state index contributed by atoms with van der Waals surface area (Å²) < 4.78 is 13.1. The fraction of sp³-hybridized carbons (Fsp3) is 0.353. The molecule has 2 aromatic rings. The predicted octanol–water partition coefficient (Wildman–Crippen LogP) is 2.95. The van der Waals surface area contributed by atoms with Gasteiger partial charge in [-0.2, -0.15) is 0 Å². The SMILES string of the molecule is Cc1cc(-c2ccc(F)cc2)cc(N2CCN(C)CC2)n1. The molecule has 3 nitrogen and oxygen atoms in total. The quantitative estimate of drug-likeness (QED) is 0.845. The molecule has 1 aliphatic rings. The summed E-state index contributed by atoms with van der Waals surface area (Å²) in [7, 11) is 2.14. The lowest BCUT2D eigenvalue weighted by Gasteiger charge is -2.33. The maximum atomic E-state index is 13.1. The van der Waals surface area contributed by atoms with Crippen molar-refractivity contribution in [1.82, 2.24) is 9.88 Å². The number of benzene rings is 1. The van der Waals surface area contributed by atoms with Crippen LogP contribution in [0.4, 0.5) is 10.2 Å². The molecule has 2 heterocycles. The van der Waals surface area contributed by atoms with Crippen molar-refractivity contribution in [3.63, 3.8) is 0 Å². The standard InChI is InChI=1S/C17H20FN3/c1-13-11-15(14-3-5-16(18)6-4-14)12-17(19-13)21-9-7-20(2)8-10-21/h3-6,11-12H,7-10H2,1-2H3. The van der Waals surface area contributed by atoms with E-state index in [1.807, 2.05) is 25.1 Å². The molecule has 0 amide bonds. The number of aromatic nitrogens is 1. The number of piperazine rings is 1. The van der Waals surface area contributed by atoms with Gasteiger partial charge in [0.1, 0.15) is 11.6 Å². The summed E-state index contributed by atoms with van der Waals surface area (Å²) in [4.78, 5) is 9.30. The molecule has 0 saturated carbocycles. The highest BCUT2D eigenvalue weighted by Crippen LogP contribution is 2.25. The maximum Gasteiger partial charge on any atom is 0.129 e. The lowest BCUT2D eigenvalue weighted by Crippen LogP contribution is -2.44. The number of rotatable bonds is 2. The minimum absolute atomic E-state index is 0.205. The summed E-state index contributed by atoms with van der Waals surface area (Å²) in [6, 6.07) is 10.8. The van der Waals surface area contributed by atoms with E-state index in [9.17, 15) is 4.39 Å². The lowest BCUT2D eigenvalue weighted by atomic mass is 10.1.